The fraction of sp³-hybridized carbons (Fsp3) is 0.381. The van der Waals surface area contributed by atoms with E-state index in [0.717, 1.165) is 27.6 Å². The van der Waals surface area contributed by atoms with E-state index in [9.17, 15) is 14.9 Å². The van der Waals surface area contributed by atoms with E-state index >= 15 is 0 Å². The average molecular weight is 474 g/mol. The first-order valence-corrected chi connectivity index (χ1v) is 10.9. The SMILES string of the molecule is COCCOc1cc2c(nc(C)n2C(C)(C)C)c2sc(NC(=O)c3ccc([N+](=O)[O-])o3)nc12. The van der Waals surface area contributed by atoms with Crippen LogP contribution in [0.4, 0.5) is 11.0 Å². The van der Waals surface area contributed by atoms with Gasteiger partial charge in [0.15, 0.2) is 10.9 Å². The highest BCUT2D eigenvalue weighted by molar-refractivity contribution is 7.23. The number of anilines is 1. The molecule has 11 nitrogen and oxygen atoms in total. The summed E-state index contributed by atoms with van der Waals surface area (Å²) in [6, 6.07) is 4.27. The third kappa shape index (κ3) is 4.26. The zero-order valence-electron chi connectivity index (χ0n) is 18.8. The standard InChI is InChI=1S/C21H23N5O6S/c1-11-22-16-12(25(11)21(2,3)4)10-14(31-9-8-30-5)17-18(16)33-20(23-17)24-19(27)13-6-7-15(32-13)26(28)29/h6-7,10H,8-9H2,1-5H3,(H,23,24,27). The molecule has 0 aliphatic rings. The van der Waals surface area contributed by atoms with E-state index in [1.54, 1.807) is 7.11 Å². The summed E-state index contributed by atoms with van der Waals surface area (Å²) in [7, 11) is 1.59. The molecule has 1 aromatic carbocycles. The highest BCUT2D eigenvalue weighted by atomic mass is 32.1. The maximum atomic E-state index is 12.5. The van der Waals surface area contributed by atoms with Crippen LogP contribution in [0.5, 0.6) is 5.75 Å². The molecule has 0 spiro atoms. The third-order valence-corrected chi connectivity index (χ3v) is 5.83. The molecule has 0 aliphatic carbocycles. The van der Waals surface area contributed by atoms with Crippen molar-refractivity contribution in [1.29, 1.82) is 0 Å². The van der Waals surface area contributed by atoms with Crippen LogP contribution < -0.4 is 10.1 Å². The van der Waals surface area contributed by atoms with Gasteiger partial charge in [-0.2, -0.15) is 0 Å². The molecule has 0 saturated carbocycles. The number of rotatable bonds is 7. The van der Waals surface area contributed by atoms with E-state index < -0.39 is 16.7 Å². The summed E-state index contributed by atoms with van der Waals surface area (Å²) < 4.78 is 18.9. The van der Waals surface area contributed by atoms with Crippen LogP contribution in [0.15, 0.2) is 22.6 Å². The number of methoxy groups -OCH3 is 1. The van der Waals surface area contributed by atoms with Gasteiger partial charge in [0.1, 0.15) is 34.1 Å². The lowest BCUT2D eigenvalue weighted by Crippen LogP contribution is -2.22. The van der Waals surface area contributed by atoms with E-state index in [4.69, 9.17) is 18.9 Å². The zero-order chi connectivity index (χ0) is 23.9. The second-order valence-electron chi connectivity index (χ2n) is 8.29. The average Bonchev–Trinajstić information content (AvgIpc) is 3.43. The first-order chi connectivity index (χ1) is 15.6. The Labute approximate surface area is 192 Å². The molecule has 4 aromatic rings. The fourth-order valence-corrected chi connectivity index (χ4v) is 4.61. The molecule has 0 radical (unpaired) electrons. The molecule has 3 aromatic heterocycles. The Morgan fingerprint density at radius 1 is 1.27 bits per heavy atom. The van der Waals surface area contributed by atoms with Crippen molar-refractivity contribution in [1.82, 2.24) is 14.5 Å². The number of aromatic nitrogens is 3. The molecule has 0 unspecified atom stereocenters. The Kier molecular flexibility index (Phi) is 5.80. The largest absolute Gasteiger partial charge is 0.489 e. The first kappa shape index (κ1) is 22.7. The number of furan rings is 1. The molecule has 33 heavy (non-hydrogen) atoms. The van der Waals surface area contributed by atoms with Crippen LogP contribution in [0.1, 0.15) is 37.2 Å². The number of amides is 1. The molecule has 0 fully saturated rings. The Hall–Kier alpha value is -3.51. The summed E-state index contributed by atoms with van der Waals surface area (Å²) in [5.41, 5.74) is 1.99. The van der Waals surface area contributed by atoms with Gasteiger partial charge in [0.2, 0.25) is 0 Å². The van der Waals surface area contributed by atoms with Crippen molar-refractivity contribution in [2.45, 2.75) is 33.2 Å². The van der Waals surface area contributed by atoms with Crippen LogP contribution in [-0.4, -0.2) is 45.7 Å². The lowest BCUT2D eigenvalue weighted by Gasteiger charge is -2.23. The van der Waals surface area contributed by atoms with Crippen molar-refractivity contribution in [3.63, 3.8) is 0 Å². The van der Waals surface area contributed by atoms with Crippen molar-refractivity contribution in [2.75, 3.05) is 25.6 Å². The van der Waals surface area contributed by atoms with Crippen LogP contribution >= 0.6 is 11.3 Å². The molecular formula is C21H23N5O6S. The van der Waals surface area contributed by atoms with E-state index in [-0.39, 0.29) is 11.3 Å². The van der Waals surface area contributed by atoms with Gasteiger partial charge in [-0.05, 0) is 33.8 Å². The van der Waals surface area contributed by atoms with Crippen LogP contribution in [0.2, 0.25) is 0 Å². The van der Waals surface area contributed by atoms with Crippen molar-refractivity contribution in [3.05, 3.63) is 39.9 Å². The van der Waals surface area contributed by atoms with Crippen molar-refractivity contribution >= 4 is 49.5 Å². The van der Waals surface area contributed by atoms with E-state index in [0.29, 0.717) is 29.6 Å². The van der Waals surface area contributed by atoms with Crippen molar-refractivity contribution in [3.8, 4) is 5.75 Å². The number of aryl methyl sites for hydroxylation is 1. The Morgan fingerprint density at radius 3 is 2.67 bits per heavy atom. The van der Waals surface area contributed by atoms with E-state index in [1.165, 1.54) is 17.4 Å². The normalized spacial score (nSPS) is 11.9. The van der Waals surface area contributed by atoms with Crippen molar-refractivity contribution in [2.24, 2.45) is 0 Å². The van der Waals surface area contributed by atoms with Gasteiger partial charge in [-0.3, -0.25) is 20.2 Å². The quantitative estimate of drug-likeness (QED) is 0.236. The predicted molar refractivity (Wildman–Crippen MR) is 123 cm³/mol. The highest BCUT2D eigenvalue weighted by Gasteiger charge is 2.25. The first-order valence-electron chi connectivity index (χ1n) is 10.1. The van der Waals surface area contributed by atoms with Crippen LogP contribution in [0, 0.1) is 17.0 Å². The van der Waals surface area contributed by atoms with Crippen LogP contribution in [0.25, 0.3) is 21.3 Å². The predicted octanol–water partition coefficient (Wildman–Crippen LogP) is 4.49. The molecule has 174 valence electrons. The Morgan fingerprint density at radius 2 is 2.03 bits per heavy atom. The van der Waals surface area contributed by atoms with Gasteiger partial charge in [0.05, 0.1) is 22.9 Å². The summed E-state index contributed by atoms with van der Waals surface area (Å²) in [5, 5.41) is 13.8. The molecule has 12 heteroatoms. The van der Waals surface area contributed by atoms with Gasteiger partial charge >= 0.3 is 5.88 Å². The molecule has 3 heterocycles. The number of ether oxygens (including phenoxy) is 2. The Balaban J connectivity index is 1.79. The fourth-order valence-electron chi connectivity index (χ4n) is 3.64. The minimum absolute atomic E-state index is 0.185. The number of carbonyl (C=O) groups is 1. The Bertz CT molecular complexity index is 1360. The van der Waals surface area contributed by atoms with Gasteiger partial charge in [0, 0.05) is 18.7 Å². The summed E-state index contributed by atoms with van der Waals surface area (Å²) in [6.07, 6.45) is 0. The number of nitro groups is 1. The zero-order valence-corrected chi connectivity index (χ0v) is 19.6. The molecule has 0 aliphatic heterocycles. The number of carbonyl (C=O) groups excluding carboxylic acids is 1. The monoisotopic (exact) mass is 473 g/mol. The number of imidazole rings is 1. The number of benzene rings is 1. The molecule has 0 atom stereocenters. The second kappa shape index (κ2) is 8.45. The second-order valence-corrected chi connectivity index (χ2v) is 9.29. The molecule has 1 amide bonds. The van der Waals surface area contributed by atoms with Gasteiger partial charge in [-0.15, -0.1) is 0 Å². The number of nitrogens with one attached hydrogen (secondary N) is 1. The van der Waals surface area contributed by atoms with Crippen molar-refractivity contribution < 1.29 is 23.6 Å². The lowest BCUT2D eigenvalue weighted by atomic mass is 10.1. The maximum Gasteiger partial charge on any atom is 0.433 e. The maximum absolute atomic E-state index is 12.5. The molecule has 4 rings (SSSR count). The summed E-state index contributed by atoms with van der Waals surface area (Å²) in [6.45, 7) is 8.96. The van der Waals surface area contributed by atoms with E-state index in [2.05, 4.69) is 35.6 Å². The van der Waals surface area contributed by atoms with Gasteiger partial charge in [-0.25, -0.2) is 9.97 Å². The summed E-state index contributed by atoms with van der Waals surface area (Å²) in [4.78, 5) is 32.0. The number of hydrogen-bond donors (Lipinski definition) is 1. The minimum atomic E-state index is -0.706. The molecule has 0 bridgehead atoms. The van der Waals surface area contributed by atoms with Crippen LogP contribution in [-0.2, 0) is 10.3 Å². The molecular weight excluding hydrogens is 450 g/mol. The number of thiazole rings is 1. The van der Waals surface area contributed by atoms with Crippen LogP contribution in [0.3, 0.4) is 0 Å². The highest BCUT2D eigenvalue weighted by Crippen LogP contribution is 2.40. The number of nitrogens with zero attached hydrogens (tertiary/aromatic N) is 4. The summed E-state index contributed by atoms with van der Waals surface area (Å²) in [5.74, 6) is 0.0513. The van der Waals surface area contributed by atoms with Gasteiger partial charge in [-0.1, -0.05) is 11.3 Å². The smallest absolute Gasteiger partial charge is 0.433 e. The number of fused-ring (bicyclic) bond motifs is 3. The number of hydrogen-bond acceptors (Lipinski definition) is 9. The summed E-state index contributed by atoms with van der Waals surface area (Å²) >= 11 is 1.24. The minimum Gasteiger partial charge on any atom is -0.489 e. The lowest BCUT2D eigenvalue weighted by molar-refractivity contribution is -0.402. The molecule has 1 N–H and O–H groups in total. The topological polar surface area (TPSA) is 135 Å². The van der Waals surface area contributed by atoms with E-state index in [1.807, 2.05) is 13.0 Å². The van der Waals surface area contributed by atoms with Gasteiger partial charge < -0.3 is 18.5 Å². The third-order valence-electron chi connectivity index (χ3n) is 4.86. The molecule has 0 saturated heterocycles. The van der Waals surface area contributed by atoms with Gasteiger partial charge in [0.25, 0.3) is 5.91 Å².